The van der Waals surface area contributed by atoms with Gasteiger partial charge >= 0.3 is 6.61 Å². The van der Waals surface area contributed by atoms with Crippen LogP contribution < -0.4 is 4.74 Å². The van der Waals surface area contributed by atoms with Crippen LogP contribution in [0.15, 0.2) is 24.3 Å². The van der Waals surface area contributed by atoms with E-state index in [-0.39, 0.29) is 5.75 Å². The monoisotopic (exact) mass is 376 g/mol. The SMILES string of the molecule is FC(F)Oc1ccc(C2CCC(C3CCC(C4CCCC4)CC3)CC2)cc1. The number of rotatable bonds is 5. The van der Waals surface area contributed by atoms with E-state index in [1.807, 2.05) is 12.1 Å². The van der Waals surface area contributed by atoms with E-state index in [0.29, 0.717) is 5.92 Å². The van der Waals surface area contributed by atoms with E-state index in [4.69, 9.17) is 0 Å². The maximum absolute atomic E-state index is 12.3. The Morgan fingerprint density at radius 2 is 1.07 bits per heavy atom. The first-order valence-corrected chi connectivity index (χ1v) is 11.2. The first-order chi connectivity index (χ1) is 13.2. The van der Waals surface area contributed by atoms with E-state index in [1.165, 1.54) is 82.6 Å². The Hall–Kier alpha value is -1.12. The second-order valence-electron chi connectivity index (χ2n) is 9.28. The molecule has 0 bridgehead atoms. The molecule has 0 heterocycles. The number of ether oxygens (including phenoxy) is 1. The minimum absolute atomic E-state index is 0.265. The standard InChI is InChI=1S/C24H34F2O/c25-24(26)27-23-15-13-22(14-16-23)21-11-9-20(10-12-21)19-7-5-18(6-8-19)17-3-1-2-4-17/h13-21,24H,1-12H2. The number of hydrogen-bond donors (Lipinski definition) is 0. The number of hydrogen-bond acceptors (Lipinski definition) is 1. The summed E-state index contributed by atoms with van der Waals surface area (Å²) in [6.45, 7) is -2.74. The maximum Gasteiger partial charge on any atom is 0.387 e. The highest BCUT2D eigenvalue weighted by atomic mass is 19.3. The molecule has 0 amide bonds. The average molecular weight is 377 g/mol. The van der Waals surface area contributed by atoms with Crippen molar-refractivity contribution in [2.24, 2.45) is 23.7 Å². The lowest BCUT2D eigenvalue weighted by molar-refractivity contribution is -0.0498. The molecule has 27 heavy (non-hydrogen) atoms. The maximum atomic E-state index is 12.3. The molecule has 3 heteroatoms. The Morgan fingerprint density at radius 3 is 1.56 bits per heavy atom. The number of benzene rings is 1. The predicted molar refractivity (Wildman–Crippen MR) is 105 cm³/mol. The fourth-order valence-electron chi connectivity index (χ4n) is 6.36. The molecule has 0 saturated heterocycles. The second kappa shape index (κ2) is 8.92. The largest absolute Gasteiger partial charge is 0.435 e. The number of halogens is 2. The summed E-state index contributed by atoms with van der Waals surface area (Å²) in [5.41, 5.74) is 1.29. The minimum Gasteiger partial charge on any atom is -0.435 e. The van der Waals surface area contributed by atoms with Gasteiger partial charge in [-0.15, -0.1) is 0 Å². The van der Waals surface area contributed by atoms with Gasteiger partial charge in [0.1, 0.15) is 5.75 Å². The molecule has 150 valence electrons. The summed E-state index contributed by atoms with van der Waals surface area (Å²) in [6.07, 6.45) is 17.1. The van der Waals surface area contributed by atoms with E-state index in [1.54, 1.807) is 12.1 Å². The van der Waals surface area contributed by atoms with Gasteiger partial charge in [-0.05, 0) is 98.7 Å². The fraction of sp³-hybridized carbons (Fsp3) is 0.750. The van der Waals surface area contributed by atoms with Gasteiger partial charge in [-0.1, -0.05) is 37.8 Å². The van der Waals surface area contributed by atoms with Crippen molar-refractivity contribution in [3.63, 3.8) is 0 Å². The van der Waals surface area contributed by atoms with Gasteiger partial charge in [-0.2, -0.15) is 8.78 Å². The molecule has 0 unspecified atom stereocenters. The predicted octanol–water partition coefficient (Wildman–Crippen LogP) is 7.56. The smallest absolute Gasteiger partial charge is 0.387 e. The molecular formula is C24H34F2O. The summed E-state index contributed by atoms with van der Waals surface area (Å²) in [7, 11) is 0. The van der Waals surface area contributed by atoms with E-state index in [0.717, 1.165) is 23.7 Å². The van der Waals surface area contributed by atoms with Gasteiger partial charge in [0.15, 0.2) is 0 Å². The molecule has 0 aliphatic heterocycles. The summed E-state index contributed by atoms with van der Waals surface area (Å²) in [5.74, 6) is 4.84. The molecule has 0 aromatic heterocycles. The Balaban J connectivity index is 1.23. The lowest BCUT2D eigenvalue weighted by Gasteiger charge is -2.39. The third-order valence-corrected chi connectivity index (χ3v) is 7.90. The minimum atomic E-state index is -2.74. The fourth-order valence-corrected chi connectivity index (χ4v) is 6.36. The lowest BCUT2D eigenvalue weighted by atomic mass is 9.66. The van der Waals surface area contributed by atoms with Gasteiger partial charge < -0.3 is 4.74 Å². The third-order valence-electron chi connectivity index (χ3n) is 7.90. The van der Waals surface area contributed by atoms with Crippen LogP contribution in [0.5, 0.6) is 5.75 Å². The van der Waals surface area contributed by atoms with Gasteiger partial charge in [0.25, 0.3) is 0 Å². The van der Waals surface area contributed by atoms with Gasteiger partial charge in [0.2, 0.25) is 0 Å². The molecule has 3 saturated carbocycles. The van der Waals surface area contributed by atoms with Gasteiger partial charge in [-0.25, -0.2) is 0 Å². The molecule has 1 nitrogen and oxygen atoms in total. The summed E-state index contributed by atoms with van der Waals surface area (Å²) >= 11 is 0. The molecule has 0 N–H and O–H groups in total. The van der Waals surface area contributed by atoms with E-state index in [2.05, 4.69) is 4.74 Å². The van der Waals surface area contributed by atoms with E-state index >= 15 is 0 Å². The zero-order chi connectivity index (χ0) is 18.6. The second-order valence-corrected chi connectivity index (χ2v) is 9.28. The summed E-state index contributed by atoms with van der Waals surface area (Å²) in [4.78, 5) is 0. The normalized spacial score (nSPS) is 32.7. The van der Waals surface area contributed by atoms with Crippen LogP contribution >= 0.6 is 0 Å². The van der Waals surface area contributed by atoms with Crippen LogP contribution in [-0.4, -0.2) is 6.61 Å². The van der Waals surface area contributed by atoms with Gasteiger partial charge in [0, 0.05) is 0 Å². The molecular weight excluding hydrogens is 342 g/mol. The first kappa shape index (κ1) is 19.2. The highest BCUT2D eigenvalue weighted by molar-refractivity contribution is 5.29. The van der Waals surface area contributed by atoms with Crippen LogP contribution in [0.3, 0.4) is 0 Å². The van der Waals surface area contributed by atoms with Crippen molar-refractivity contribution in [1.29, 1.82) is 0 Å². The zero-order valence-corrected chi connectivity index (χ0v) is 16.4. The Labute approximate surface area is 162 Å². The van der Waals surface area contributed by atoms with Crippen molar-refractivity contribution < 1.29 is 13.5 Å². The molecule has 0 spiro atoms. The van der Waals surface area contributed by atoms with Crippen LogP contribution in [0.4, 0.5) is 8.78 Å². The van der Waals surface area contributed by atoms with Gasteiger partial charge in [-0.3, -0.25) is 0 Å². The molecule has 0 radical (unpaired) electrons. The molecule has 3 aliphatic carbocycles. The van der Waals surface area contributed by atoms with Crippen LogP contribution in [0.2, 0.25) is 0 Å². The number of alkyl halides is 2. The Morgan fingerprint density at radius 1 is 0.630 bits per heavy atom. The summed E-state index contributed by atoms with van der Waals surface area (Å²) < 4.78 is 29.0. The van der Waals surface area contributed by atoms with Crippen molar-refractivity contribution in [3.05, 3.63) is 29.8 Å². The van der Waals surface area contributed by atoms with Crippen LogP contribution in [0, 0.1) is 23.7 Å². The van der Waals surface area contributed by atoms with Crippen molar-refractivity contribution >= 4 is 0 Å². The highest BCUT2D eigenvalue weighted by Gasteiger charge is 2.34. The van der Waals surface area contributed by atoms with Crippen LogP contribution in [-0.2, 0) is 0 Å². The van der Waals surface area contributed by atoms with Crippen LogP contribution in [0.1, 0.15) is 88.5 Å². The highest BCUT2D eigenvalue weighted by Crippen LogP contribution is 2.47. The molecule has 0 atom stereocenters. The van der Waals surface area contributed by atoms with E-state index < -0.39 is 6.61 Å². The quantitative estimate of drug-likeness (QED) is 0.515. The first-order valence-electron chi connectivity index (χ1n) is 11.2. The van der Waals surface area contributed by atoms with Crippen molar-refractivity contribution in [2.75, 3.05) is 0 Å². The lowest BCUT2D eigenvalue weighted by Crippen LogP contribution is -2.27. The Bertz CT molecular complexity index is 563. The molecule has 1 aromatic rings. The Kier molecular flexibility index (Phi) is 6.35. The summed E-state index contributed by atoms with van der Waals surface area (Å²) in [5, 5.41) is 0. The molecule has 1 aromatic carbocycles. The van der Waals surface area contributed by atoms with Gasteiger partial charge in [0.05, 0.1) is 0 Å². The van der Waals surface area contributed by atoms with Crippen molar-refractivity contribution in [3.8, 4) is 5.75 Å². The van der Waals surface area contributed by atoms with Crippen molar-refractivity contribution in [1.82, 2.24) is 0 Å². The molecule has 3 aliphatic rings. The average Bonchev–Trinajstić information content (AvgIpc) is 3.23. The summed E-state index contributed by atoms with van der Waals surface area (Å²) in [6, 6.07) is 7.35. The van der Waals surface area contributed by atoms with Crippen LogP contribution in [0.25, 0.3) is 0 Å². The van der Waals surface area contributed by atoms with E-state index in [9.17, 15) is 8.78 Å². The van der Waals surface area contributed by atoms with Crippen molar-refractivity contribution in [2.45, 2.75) is 89.6 Å². The molecule has 3 fully saturated rings. The molecule has 4 rings (SSSR count). The third kappa shape index (κ3) is 4.84. The topological polar surface area (TPSA) is 9.23 Å². The zero-order valence-electron chi connectivity index (χ0n) is 16.4.